The molecule has 0 aromatic carbocycles. The van der Waals surface area contributed by atoms with Gasteiger partial charge in [0.25, 0.3) is 5.92 Å². The third kappa shape index (κ3) is 2.24. The highest BCUT2D eigenvalue weighted by Gasteiger charge is 2.28. The van der Waals surface area contributed by atoms with Gasteiger partial charge in [-0.05, 0) is 6.42 Å². The molecule has 4 heteroatoms. The lowest BCUT2D eigenvalue weighted by Gasteiger charge is -2.10. The third-order valence-electron chi connectivity index (χ3n) is 1.32. The fourth-order valence-electron chi connectivity index (χ4n) is 0.804. The number of rotatable bonds is 0. The molecular weight excluding hydrogens is 126 g/mol. The van der Waals surface area contributed by atoms with E-state index in [0.717, 1.165) is 0 Å². The Morgan fingerprint density at radius 1 is 1.22 bits per heavy atom. The number of hydrogen-bond acceptors (Lipinski definition) is 2. The Morgan fingerprint density at radius 3 is 2.78 bits per heavy atom. The van der Waals surface area contributed by atoms with Gasteiger partial charge < -0.3 is 0 Å². The number of hydrazine groups is 1. The number of hydrogen-bond donors (Lipinski definition) is 2. The van der Waals surface area contributed by atoms with E-state index in [1.165, 1.54) is 0 Å². The minimum Gasteiger partial charge on any atom is -0.258 e. The summed E-state index contributed by atoms with van der Waals surface area (Å²) in [5.41, 5.74) is 5.11. The Bertz CT molecular complexity index is 85.0. The maximum atomic E-state index is 12.4. The zero-order valence-electron chi connectivity index (χ0n) is 5.08. The molecular formula is C5H10F2N2. The van der Waals surface area contributed by atoms with Gasteiger partial charge in [-0.15, -0.1) is 0 Å². The molecule has 0 amide bonds. The fourth-order valence-corrected chi connectivity index (χ4v) is 0.804. The topological polar surface area (TPSA) is 24.1 Å². The van der Waals surface area contributed by atoms with Crippen molar-refractivity contribution in [2.24, 2.45) is 0 Å². The monoisotopic (exact) mass is 136 g/mol. The molecule has 9 heavy (non-hydrogen) atoms. The predicted molar refractivity (Wildman–Crippen MR) is 30.2 cm³/mol. The molecule has 1 heterocycles. The van der Waals surface area contributed by atoms with Crippen molar-refractivity contribution < 1.29 is 8.78 Å². The van der Waals surface area contributed by atoms with Crippen molar-refractivity contribution in [2.45, 2.75) is 18.8 Å². The van der Waals surface area contributed by atoms with Crippen molar-refractivity contribution in [2.75, 3.05) is 13.1 Å². The van der Waals surface area contributed by atoms with Gasteiger partial charge in [-0.1, -0.05) is 0 Å². The van der Waals surface area contributed by atoms with E-state index in [1.54, 1.807) is 0 Å². The fraction of sp³-hybridized carbons (Fsp3) is 1.00. The van der Waals surface area contributed by atoms with E-state index < -0.39 is 5.92 Å². The molecule has 1 aliphatic rings. The van der Waals surface area contributed by atoms with Crippen LogP contribution in [-0.4, -0.2) is 19.0 Å². The summed E-state index contributed by atoms with van der Waals surface area (Å²) in [6, 6.07) is 0. The first-order valence-corrected chi connectivity index (χ1v) is 3.04. The minimum atomic E-state index is -2.51. The largest absolute Gasteiger partial charge is 0.261 e. The van der Waals surface area contributed by atoms with Gasteiger partial charge in [0.2, 0.25) is 0 Å². The average molecular weight is 136 g/mol. The van der Waals surface area contributed by atoms with Crippen LogP contribution in [0.4, 0.5) is 8.78 Å². The van der Waals surface area contributed by atoms with E-state index in [1.807, 2.05) is 0 Å². The molecule has 1 rings (SSSR count). The molecule has 0 unspecified atom stereocenters. The molecule has 1 saturated heterocycles. The Morgan fingerprint density at radius 2 is 2.00 bits per heavy atom. The van der Waals surface area contributed by atoms with E-state index in [-0.39, 0.29) is 13.0 Å². The lowest BCUT2D eigenvalue weighted by molar-refractivity contribution is -0.00261. The number of alkyl halides is 2. The maximum Gasteiger partial charge on any atom is 0.261 e. The van der Waals surface area contributed by atoms with Crippen LogP contribution in [-0.2, 0) is 0 Å². The van der Waals surface area contributed by atoms with Crippen molar-refractivity contribution in [3.63, 3.8) is 0 Å². The molecule has 0 bridgehead atoms. The van der Waals surface area contributed by atoms with Crippen LogP contribution >= 0.6 is 0 Å². The molecule has 0 aromatic rings. The highest BCUT2D eigenvalue weighted by atomic mass is 19.3. The van der Waals surface area contributed by atoms with Crippen molar-refractivity contribution in [3.8, 4) is 0 Å². The Labute approximate surface area is 52.6 Å². The van der Waals surface area contributed by atoms with Gasteiger partial charge in [0.15, 0.2) is 0 Å². The van der Waals surface area contributed by atoms with Gasteiger partial charge in [-0.2, -0.15) is 0 Å². The third-order valence-corrected chi connectivity index (χ3v) is 1.32. The van der Waals surface area contributed by atoms with Crippen molar-refractivity contribution in [1.29, 1.82) is 0 Å². The highest BCUT2D eigenvalue weighted by Crippen LogP contribution is 2.19. The lowest BCUT2D eigenvalue weighted by atomic mass is 10.2. The Balaban J connectivity index is 2.36. The zero-order valence-corrected chi connectivity index (χ0v) is 5.08. The molecule has 0 atom stereocenters. The van der Waals surface area contributed by atoms with E-state index >= 15 is 0 Å². The SMILES string of the molecule is FC1(F)CCCNNC1. The van der Waals surface area contributed by atoms with Gasteiger partial charge in [0.05, 0.1) is 6.54 Å². The second-order valence-corrected chi connectivity index (χ2v) is 2.24. The first-order chi connectivity index (χ1) is 4.21. The minimum absolute atomic E-state index is 0.00694. The summed E-state index contributed by atoms with van der Waals surface area (Å²) in [7, 11) is 0. The smallest absolute Gasteiger partial charge is 0.258 e. The summed E-state index contributed by atoms with van der Waals surface area (Å²) in [6.45, 7) is 0.391. The van der Waals surface area contributed by atoms with E-state index in [2.05, 4.69) is 10.9 Å². The van der Waals surface area contributed by atoms with Crippen LogP contribution in [0.15, 0.2) is 0 Å². The molecule has 1 aliphatic heterocycles. The first-order valence-electron chi connectivity index (χ1n) is 3.04. The molecule has 54 valence electrons. The molecule has 0 saturated carbocycles. The van der Waals surface area contributed by atoms with Gasteiger partial charge in [-0.25, -0.2) is 8.78 Å². The standard InChI is InChI=1S/C5H10F2N2/c6-5(7)2-1-3-8-9-4-5/h8-9H,1-4H2. The normalized spacial score (nSPS) is 27.3. The molecule has 2 N–H and O–H groups in total. The second-order valence-electron chi connectivity index (χ2n) is 2.24. The van der Waals surface area contributed by atoms with Crippen LogP contribution in [0.25, 0.3) is 0 Å². The summed E-state index contributed by atoms with van der Waals surface area (Å²) in [4.78, 5) is 0. The molecule has 0 spiro atoms. The Kier molecular flexibility index (Phi) is 1.97. The van der Waals surface area contributed by atoms with Crippen molar-refractivity contribution in [3.05, 3.63) is 0 Å². The molecule has 1 fully saturated rings. The molecule has 0 aromatic heterocycles. The van der Waals surface area contributed by atoms with Crippen LogP contribution in [0.2, 0.25) is 0 Å². The number of halogens is 2. The van der Waals surface area contributed by atoms with E-state index in [4.69, 9.17) is 0 Å². The van der Waals surface area contributed by atoms with Gasteiger partial charge in [0.1, 0.15) is 0 Å². The quantitative estimate of drug-likeness (QED) is 0.507. The predicted octanol–water partition coefficient (Wildman–Crippen LogP) is 0.510. The summed E-state index contributed by atoms with van der Waals surface area (Å²) in [6.07, 6.45) is 0.535. The summed E-state index contributed by atoms with van der Waals surface area (Å²) in [5, 5.41) is 0. The van der Waals surface area contributed by atoms with Crippen molar-refractivity contribution in [1.82, 2.24) is 10.9 Å². The van der Waals surface area contributed by atoms with Crippen LogP contribution in [0.1, 0.15) is 12.8 Å². The second kappa shape index (κ2) is 2.58. The highest BCUT2D eigenvalue weighted by molar-refractivity contribution is 4.71. The van der Waals surface area contributed by atoms with Gasteiger partial charge in [-0.3, -0.25) is 10.9 Å². The first kappa shape index (κ1) is 6.89. The zero-order chi connectivity index (χ0) is 6.74. The Hall–Kier alpha value is -0.220. The van der Waals surface area contributed by atoms with Crippen LogP contribution in [0.3, 0.4) is 0 Å². The summed E-state index contributed by atoms with van der Waals surface area (Å²) in [5.74, 6) is -2.51. The molecule has 0 radical (unpaired) electrons. The van der Waals surface area contributed by atoms with Crippen LogP contribution in [0.5, 0.6) is 0 Å². The molecule has 2 nitrogen and oxygen atoms in total. The van der Waals surface area contributed by atoms with Gasteiger partial charge >= 0.3 is 0 Å². The van der Waals surface area contributed by atoms with E-state index in [0.29, 0.717) is 13.0 Å². The van der Waals surface area contributed by atoms with Crippen LogP contribution in [0, 0.1) is 0 Å². The molecule has 0 aliphatic carbocycles. The maximum absolute atomic E-state index is 12.4. The van der Waals surface area contributed by atoms with E-state index in [9.17, 15) is 8.78 Å². The van der Waals surface area contributed by atoms with Crippen LogP contribution < -0.4 is 10.9 Å². The van der Waals surface area contributed by atoms with Gasteiger partial charge in [0, 0.05) is 13.0 Å². The summed E-state index contributed by atoms with van der Waals surface area (Å²) < 4.78 is 24.7. The van der Waals surface area contributed by atoms with Crippen molar-refractivity contribution >= 4 is 0 Å². The average Bonchev–Trinajstić information content (AvgIpc) is 1.92. The summed E-state index contributed by atoms with van der Waals surface area (Å²) >= 11 is 0. The number of nitrogens with one attached hydrogen (secondary N) is 2. The lowest BCUT2D eigenvalue weighted by Crippen LogP contribution is -2.37.